The minimum absolute atomic E-state index is 0.0999. The summed E-state index contributed by atoms with van der Waals surface area (Å²) in [4.78, 5) is 29.0. The van der Waals surface area contributed by atoms with Gasteiger partial charge in [0.2, 0.25) is 0 Å². The molecule has 0 bridgehead atoms. The van der Waals surface area contributed by atoms with E-state index in [0.29, 0.717) is 13.1 Å². The van der Waals surface area contributed by atoms with Gasteiger partial charge in [-0.2, -0.15) is 0 Å². The van der Waals surface area contributed by atoms with Crippen molar-refractivity contribution in [1.82, 2.24) is 9.88 Å². The number of carbonyl (C=O) groups is 2. The van der Waals surface area contributed by atoms with Crippen molar-refractivity contribution in [2.24, 2.45) is 0 Å². The van der Waals surface area contributed by atoms with Crippen LogP contribution in [0.25, 0.3) is 0 Å². The van der Waals surface area contributed by atoms with Gasteiger partial charge in [0, 0.05) is 19.3 Å². The van der Waals surface area contributed by atoms with Crippen molar-refractivity contribution in [3.63, 3.8) is 0 Å². The van der Waals surface area contributed by atoms with E-state index < -0.39 is 5.97 Å². The Labute approximate surface area is 133 Å². The van der Waals surface area contributed by atoms with Crippen molar-refractivity contribution < 1.29 is 14.3 Å². The predicted molar refractivity (Wildman–Crippen MR) is 81.6 cm³/mol. The summed E-state index contributed by atoms with van der Waals surface area (Å²) in [6, 6.07) is 1.34. The Morgan fingerprint density at radius 1 is 1.43 bits per heavy atom. The number of pyridine rings is 1. The molecule has 5 nitrogen and oxygen atoms in total. The number of rotatable bonds is 6. The Balaban J connectivity index is 2.61. The van der Waals surface area contributed by atoms with Crippen LogP contribution in [0.4, 0.5) is 0 Å². The summed E-state index contributed by atoms with van der Waals surface area (Å²) in [5.41, 5.74) is 0.991. The Morgan fingerprint density at radius 2 is 2.10 bits per heavy atom. The van der Waals surface area contributed by atoms with Crippen LogP contribution in [0.3, 0.4) is 0 Å². The molecule has 0 unspecified atom stereocenters. The second-order valence-corrected chi connectivity index (χ2v) is 5.20. The lowest BCUT2D eigenvalue weighted by atomic mass is 10.3. The van der Waals surface area contributed by atoms with E-state index in [-0.39, 0.29) is 28.3 Å². The molecule has 7 heteroatoms. The van der Waals surface area contributed by atoms with Gasteiger partial charge in [-0.1, -0.05) is 35.4 Å². The molecular formula is C14H16Cl2N2O3. The maximum Gasteiger partial charge on any atom is 0.340 e. The fraction of sp³-hybridized carbons (Fsp3) is 0.357. The molecule has 0 fully saturated rings. The summed E-state index contributed by atoms with van der Waals surface area (Å²) in [7, 11) is 0. The summed E-state index contributed by atoms with van der Waals surface area (Å²) in [5, 5.41) is 0.248. The summed E-state index contributed by atoms with van der Waals surface area (Å²) in [5.74, 6) is -0.970. The SMILES string of the molecule is C=C(C)CN(CC)C(=O)COC(=O)c1cnc(Cl)c(Cl)c1. The second kappa shape index (κ2) is 8.00. The van der Waals surface area contributed by atoms with Gasteiger partial charge in [0.05, 0.1) is 10.6 Å². The largest absolute Gasteiger partial charge is 0.452 e. The second-order valence-electron chi connectivity index (χ2n) is 4.44. The Morgan fingerprint density at radius 3 is 2.62 bits per heavy atom. The normalized spacial score (nSPS) is 10.1. The Bertz CT molecular complexity index is 561. The highest BCUT2D eigenvalue weighted by Crippen LogP contribution is 2.20. The van der Waals surface area contributed by atoms with Crippen LogP contribution in [0, 0.1) is 0 Å². The number of ether oxygens (including phenoxy) is 1. The third kappa shape index (κ3) is 5.36. The first-order valence-corrected chi connectivity index (χ1v) is 7.01. The van der Waals surface area contributed by atoms with Crippen molar-refractivity contribution >= 4 is 35.1 Å². The van der Waals surface area contributed by atoms with Crippen molar-refractivity contribution in [3.8, 4) is 0 Å². The average Bonchev–Trinajstić information content (AvgIpc) is 2.44. The Kier molecular flexibility index (Phi) is 6.65. The molecule has 0 N–H and O–H groups in total. The molecule has 114 valence electrons. The lowest BCUT2D eigenvalue weighted by molar-refractivity contribution is -0.133. The molecular weight excluding hydrogens is 315 g/mol. The van der Waals surface area contributed by atoms with E-state index in [2.05, 4.69) is 11.6 Å². The number of hydrogen-bond donors (Lipinski definition) is 0. The Hall–Kier alpha value is -1.59. The van der Waals surface area contributed by atoms with Crippen molar-refractivity contribution in [2.45, 2.75) is 13.8 Å². The average molecular weight is 331 g/mol. The van der Waals surface area contributed by atoms with Crippen molar-refractivity contribution in [1.29, 1.82) is 0 Å². The molecule has 1 amide bonds. The molecule has 1 aromatic heterocycles. The van der Waals surface area contributed by atoms with E-state index in [0.717, 1.165) is 5.57 Å². The maximum atomic E-state index is 11.9. The van der Waals surface area contributed by atoms with Crippen LogP contribution in [-0.2, 0) is 9.53 Å². The maximum absolute atomic E-state index is 11.9. The molecule has 21 heavy (non-hydrogen) atoms. The molecule has 1 heterocycles. The van der Waals surface area contributed by atoms with Gasteiger partial charge < -0.3 is 9.64 Å². The van der Waals surface area contributed by atoms with E-state index in [4.69, 9.17) is 27.9 Å². The fourth-order valence-electron chi connectivity index (χ4n) is 1.54. The molecule has 0 aliphatic carbocycles. The molecule has 0 atom stereocenters. The zero-order valence-corrected chi connectivity index (χ0v) is 13.4. The van der Waals surface area contributed by atoms with Crippen molar-refractivity contribution in [3.05, 3.63) is 40.2 Å². The minimum Gasteiger partial charge on any atom is -0.452 e. The first-order chi connectivity index (χ1) is 9.85. The molecule has 0 saturated heterocycles. The number of halogens is 2. The molecule has 0 aliphatic heterocycles. The monoisotopic (exact) mass is 330 g/mol. The fourth-order valence-corrected chi connectivity index (χ4v) is 1.81. The smallest absolute Gasteiger partial charge is 0.340 e. The van der Waals surface area contributed by atoms with E-state index in [1.165, 1.54) is 12.3 Å². The zero-order chi connectivity index (χ0) is 16.0. The summed E-state index contributed by atoms with van der Waals surface area (Å²) >= 11 is 11.4. The number of likely N-dealkylation sites (N-methyl/N-ethyl adjacent to an activating group) is 1. The first-order valence-electron chi connectivity index (χ1n) is 6.25. The number of hydrogen-bond acceptors (Lipinski definition) is 4. The molecule has 0 aromatic carbocycles. The molecule has 0 saturated carbocycles. The van der Waals surface area contributed by atoms with Crippen LogP contribution in [0.15, 0.2) is 24.4 Å². The van der Waals surface area contributed by atoms with Crippen LogP contribution < -0.4 is 0 Å². The molecule has 0 spiro atoms. The number of amides is 1. The summed E-state index contributed by atoms with van der Waals surface area (Å²) < 4.78 is 4.95. The van der Waals surface area contributed by atoms with E-state index in [1.54, 1.807) is 4.90 Å². The van der Waals surface area contributed by atoms with Gasteiger partial charge in [-0.25, -0.2) is 9.78 Å². The lowest BCUT2D eigenvalue weighted by Crippen LogP contribution is -2.35. The van der Waals surface area contributed by atoms with Gasteiger partial charge in [-0.05, 0) is 19.9 Å². The van der Waals surface area contributed by atoms with Gasteiger partial charge in [0.25, 0.3) is 5.91 Å². The standard InChI is InChI=1S/C14H16Cl2N2O3/c1-4-18(7-9(2)3)12(19)8-21-14(20)10-5-11(15)13(16)17-6-10/h5-6H,2,4,7-8H2,1,3H3. The lowest BCUT2D eigenvalue weighted by Gasteiger charge is -2.20. The predicted octanol–water partition coefficient (Wildman–Crippen LogP) is 2.97. The number of nitrogens with zero attached hydrogens (tertiary/aromatic N) is 2. The first kappa shape index (κ1) is 17.5. The zero-order valence-electron chi connectivity index (χ0n) is 11.9. The quantitative estimate of drug-likeness (QED) is 0.457. The summed E-state index contributed by atoms with van der Waals surface area (Å²) in [6.07, 6.45) is 1.24. The number of esters is 1. The summed E-state index contributed by atoms with van der Waals surface area (Å²) in [6.45, 7) is 8.01. The van der Waals surface area contributed by atoms with Crippen LogP contribution in [0.1, 0.15) is 24.2 Å². The van der Waals surface area contributed by atoms with Crippen LogP contribution in [-0.4, -0.2) is 41.5 Å². The highest BCUT2D eigenvalue weighted by atomic mass is 35.5. The third-order valence-corrected chi connectivity index (χ3v) is 3.24. The number of aromatic nitrogens is 1. The van der Waals surface area contributed by atoms with Gasteiger partial charge >= 0.3 is 5.97 Å². The molecule has 1 aromatic rings. The topological polar surface area (TPSA) is 59.5 Å². The van der Waals surface area contributed by atoms with Gasteiger partial charge in [-0.15, -0.1) is 0 Å². The van der Waals surface area contributed by atoms with Gasteiger partial charge in [0.15, 0.2) is 6.61 Å². The van der Waals surface area contributed by atoms with E-state index in [9.17, 15) is 9.59 Å². The molecule has 0 radical (unpaired) electrons. The van der Waals surface area contributed by atoms with E-state index >= 15 is 0 Å². The highest BCUT2D eigenvalue weighted by Gasteiger charge is 2.16. The van der Waals surface area contributed by atoms with E-state index in [1.807, 2.05) is 13.8 Å². The highest BCUT2D eigenvalue weighted by molar-refractivity contribution is 6.41. The third-order valence-electron chi connectivity index (χ3n) is 2.55. The van der Waals surface area contributed by atoms with Gasteiger partial charge in [0.1, 0.15) is 5.15 Å². The minimum atomic E-state index is -0.680. The molecule has 1 rings (SSSR count). The van der Waals surface area contributed by atoms with Crippen LogP contribution in [0.2, 0.25) is 10.2 Å². The van der Waals surface area contributed by atoms with Gasteiger partial charge in [-0.3, -0.25) is 4.79 Å². The van der Waals surface area contributed by atoms with Crippen LogP contribution in [0.5, 0.6) is 0 Å². The van der Waals surface area contributed by atoms with Crippen molar-refractivity contribution in [2.75, 3.05) is 19.7 Å². The molecule has 0 aliphatic rings. The number of carbonyl (C=O) groups excluding carboxylic acids is 2. The van der Waals surface area contributed by atoms with Crippen LogP contribution >= 0.6 is 23.2 Å².